The first-order valence-corrected chi connectivity index (χ1v) is 12.6. The molecule has 0 aliphatic carbocycles. The summed E-state index contributed by atoms with van der Waals surface area (Å²) >= 11 is 0. The average Bonchev–Trinajstić information content (AvgIpc) is 2.84. The van der Waals surface area contributed by atoms with Crippen LogP contribution in [0.5, 0.6) is 0 Å². The van der Waals surface area contributed by atoms with E-state index in [0.29, 0.717) is 12.1 Å². The maximum atomic E-state index is 14.3. The molecule has 0 radical (unpaired) electrons. The summed E-state index contributed by atoms with van der Waals surface area (Å²) in [4.78, 5) is 31.4. The predicted molar refractivity (Wildman–Crippen MR) is 138 cm³/mol. The van der Waals surface area contributed by atoms with E-state index in [-0.39, 0.29) is 46.1 Å². The number of carbonyl (C=O) groups is 1. The number of pyridine rings is 2. The van der Waals surface area contributed by atoms with Crippen LogP contribution in [0, 0.1) is 17.5 Å². The van der Waals surface area contributed by atoms with E-state index in [0.717, 1.165) is 4.31 Å². The molecular formula is C24H24F3N6O4S+. The molecule has 0 aliphatic heterocycles. The van der Waals surface area contributed by atoms with Gasteiger partial charge in [0.15, 0.2) is 11.6 Å². The summed E-state index contributed by atoms with van der Waals surface area (Å²) in [5, 5.41) is 2.99. The molecule has 0 bridgehead atoms. The van der Waals surface area contributed by atoms with Crippen molar-refractivity contribution in [1.29, 1.82) is 0 Å². The molecule has 0 fully saturated rings. The fourth-order valence-corrected chi connectivity index (χ4v) is 5.60. The standard InChI is InChI=1S/C24H23F3N6O4S/c1-32(2)38(36,37)33(3,9-7-20(28)34)14-4-5-19-16(12-14)21-15(6-8-29-24(21)35)23(30-19)31-22-17(26)10-13(25)11-18(22)27/h4-6,8,10-12H,7,9H2,1-3H3,(H3-,28,29,30,31,34,35)/p+1. The van der Waals surface area contributed by atoms with Gasteiger partial charge in [0, 0.05) is 55.3 Å². The molecule has 4 rings (SSSR count). The Labute approximate surface area is 215 Å². The van der Waals surface area contributed by atoms with Crippen LogP contribution in [0.3, 0.4) is 0 Å². The highest BCUT2D eigenvalue weighted by Gasteiger charge is 2.42. The summed E-state index contributed by atoms with van der Waals surface area (Å²) in [6.45, 7) is -0.189. The van der Waals surface area contributed by atoms with E-state index < -0.39 is 48.7 Å². The van der Waals surface area contributed by atoms with Crippen LogP contribution in [0.2, 0.25) is 0 Å². The molecule has 38 heavy (non-hydrogen) atoms. The second-order valence-electron chi connectivity index (χ2n) is 8.93. The first-order valence-electron chi connectivity index (χ1n) is 11.2. The number of aromatic nitrogens is 2. The Hall–Kier alpha value is -4.01. The quantitative estimate of drug-likeness (QED) is 0.228. The fraction of sp³-hybridized carbons (Fsp3) is 0.208. The Bertz CT molecular complexity index is 1740. The Morgan fingerprint density at radius 1 is 1.11 bits per heavy atom. The Kier molecular flexibility index (Phi) is 6.90. The number of amides is 1. The second kappa shape index (κ2) is 9.70. The molecule has 2 aromatic carbocycles. The number of carbonyl (C=O) groups excluding carboxylic acids is 1. The van der Waals surface area contributed by atoms with E-state index in [1.54, 1.807) is 0 Å². The summed E-state index contributed by atoms with van der Waals surface area (Å²) in [6.07, 6.45) is 1.08. The molecule has 0 aliphatic rings. The summed E-state index contributed by atoms with van der Waals surface area (Å²) < 4.78 is 69.0. The number of fused-ring (bicyclic) bond motifs is 3. The van der Waals surface area contributed by atoms with E-state index in [2.05, 4.69) is 15.3 Å². The number of halogens is 3. The summed E-state index contributed by atoms with van der Waals surface area (Å²) in [5.41, 5.74) is 4.48. The fourth-order valence-electron chi connectivity index (χ4n) is 4.18. The van der Waals surface area contributed by atoms with Gasteiger partial charge in [-0.15, -0.1) is 0 Å². The largest absolute Gasteiger partial charge is 0.376 e. The van der Waals surface area contributed by atoms with Crippen molar-refractivity contribution in [2.75, 3.05) is 33.0 Å². The average molecular weight is 550 g/mol. The zero-order valence-corrected chi connectivity index (χ0v) is 21.4. The number of primary amides is 1. The number of anilines is 2. The van der Waals surface area contributed by atoms with Gasteiger partial charge in [0.2, 0.25) is 5.91 Å². The lowest BCUT2D eigenvalue weighted by atomic mass is 10.1. The van der Waals surface area contributed by atoms with Crippen molar-refractivity contribution in [3.05, 3.63) is 70.4 Å². The molecule has 200 valence electrons. The number of hydrogen-bond acceptors (Lipinski definition) is 6. The van der Waals surface area contributed by atoms with Crippen LogP contribution < -0.4 is 20.5 Å². The van der Waals surface area contributed by atoms with Crippen LogP contribution in [0.1, 0.15) is 6.42 Å². The van der Waals surface area contributed by atoms with E-state index in [9.17, 15) is 31.2 Å². The van der Waals surface area contributed by atoms with E-state index in [1.165, 1.54) is 51.6 Å². The number of quaternary nitrogens is 1. The summed E-state index contributed by atoms with van der Waals surface area (Å²) in [7, 11) is 0.0506. The third-order valence-corrected chi connectivity index (χ3v) is 8.58. The highest BCUT2D eigenvalue weighted by atomic mass is 32.2. The van der Waals surface area contributed by atoms with Crippen LogP contribution in [0.15, 0.2) is 47.4 Å². The molecule has 10 nitrogen and oxygen atoms in total. The highest BCUT2D eigenvalue weighted by Crippen LogP contribution is 2.35. The van der Waals surface area contributed by atoms with Crippen molar-refractivity contribution in [3.8, 4) is 0 Å². The van der Waals surface area contributed by atoms with Crippen LogP contribution in [-0.4, -0.2) is 56.3 Å². The highest BCUT2D eigenvalue weighted by molar-refractivity contribution is 7.88. The molecule has 2 heterocycles. The number of H-pyrrole nitrogens is 1. The van der Waals surface area contributed by atoms with Gasteiger partial charge >= 0.3 is 10.2 Å². The minimum Gasteiger partial charge on any atom is -0.369 e. The third kappa shape index (κ3) is 4.57. The number of nitrogens with one attached hydrogen (secondary N) is 2. The molecule has 0 saturated heterocycles. The smallest absolute Gasteiger partial charge is 0.369 e. The van der Waals surface area contributed by atoms with Crippen molar-refractivity contribution in [1.82, 2.24) is 18.2 Å². The van der Waals surface area contributed by atoms with Gasteiger partial charge in [-0.25, -0.2) is 18.2 Å². The first-order chi connectivity index (χ1) is 17.8. The molecule has 4 N–H and O–H groups in total. The van der Waals surface area contributed by atoms with E-state index in [1.807, 2.05) is 0 Å². The molecule has 1 atom stereocenters. The molecule has 0 spiro atoms. The van der Waals surface area contributed by atoms with Gasteiger partial charge < -0.3 is 16.0 Å². The number of nitrogens with two attached hydrogens (primary N) is 1. The SMILES string of the molecule is CN(C)S(=O)(=O)[N+](C)(CCC(N)=O)c1ccc2nc(Nc3c(F)cc(F)cc3F)c3cc[nH]c(=O)c3c2c1. The van der Waals surface area contributed by atoms with Crippen LogP contribution in [-0.2, 0) is 15.0 Å². The van der Waals surface area contributed by atoms with Crippen molar-refractivity contribution in [2.24, 2.45) is 5.73 Å². The predicted octanol–water partition coefficient (Wildman–Crippen LogP) is 2.86. The van der Waals surface area contributed by atoms with Crippen molar-refractivity contribution >= 4 is 55.0 Å². The topological polar surface area (TPSA) is 138 Å². The van der Waals surface area contributed by atoms with E-state index >= 15 is 0 Å². The van der Waals surface area contributed by atoms with Crippen molar-refractivity contribution < 1.29 is 26.4 Å². The van der Waals surface area contributed by atoms with Crippen LogP contribution >= 0.6 is 0 Å². The zero-order chi connectivity index (χ0) is 28.0. The maximum Gasteiger partial charge on any atom is 0.376 e. The molecule has 0 saturated carbocycles. The Morgan fingerprint density at radius 3 is 2.37 bits per heavy atom. The Balaban J connectivity index is 1.98. The first kappa shape index (κ1) is 27.0. The minimum atomic E-state index is -4.05. The number of nitrogens with zero attached hydrogens (tertiary/aromatic N) is 3. The number of hydrogen-bond donors (Lipinski definition) is 3. The molecule has 4 aromatic rings. The van der Waals surface area contributed by atoms with Gasteiger partial charge in [0.05, 0.1) is 24.4 Å². The Morgan fingerprint density at radius 2 is 1.76 bits per heavy atom. The van der Waals surface area contributed by atoms with Crippen molar-refractivity contribution in [3.63, 3.8) is 0 Å². The molecule has 2 aromatic heterocycles. The van der Waals surface area contributed by atoms with Gasteiger partial charge in [0.1, 0.15) is 29.6 Å². The van der Waals surface area contributed by atoms with Gasteiger partial charge in [0.25, 0.3) is 5.56 Å². The van der Waals surface area contributed by atoms with Crippen molar-refractivity contribution in [2.45, 2.75) is 6.42 Å². The second-order valence-corrected chi connectivity index (χ2v) is 11.4. The van der Waals surface area contributed by atoms with Gasteiger partial charge in [-0.3, -0.25) is 9.59 Å². The number of rotatable bonds is 8. The lowest BCUT2D eigenvalue weighted by Gasteiger charge is -2.34. The maximum absolute atomic E-state index is 14.3. The monoisotopic (exact) mass is 549 g/mol. The summed E-state index contributed by atoms with van der Waals surface area (Å²) in [6, 6.07) is 6.84. The van der Waals surface area contributed by atoms with Gasteiger partial charge in [-0.2, -0.15) is 16.6 Å². The van der Waals surface area contributed by atoms with Crippen LogP contribution in [0.25, 0.3) is 21.7 Å². The zero-order valence-electron chi connectivity index (χ0n) is 20.5. The van der Waals surface area contributed by atoms with E-state index in [4.69, 9.17) is 5.73 Å². The summed E-state index contributed by atoms with van der Waals surface area (Å²) in [5.74, 6) is -4.27. The minimum absolute atomic E-state index is 0.0634. The number of aromatic amines is 1. The normalized spacial score (nSPS) is 13.7. The lowest BCUT2D eigenvalue weighted by molar-refractivity contribution is -0.118. The third-order valence-electron chi connectivity index (χ3n) is 6.25. The lowest BCUT2D eigenvalue weighted by Crippen LogP contribution is -2.56. The van der Waals surface area contributed by atoms with Crippen LogP contribution in [0.4, 0.5) is 30.4 Å². The molecular weight excluding hydrogens is 525 g/mol. The molecule has 1 unspecified atom stereocenters. The molecule has 1 amide bonds. The van der Waals surface area contributed by atoms with Gasteiger partial charge in [-0.1, -0.05) is 0 Å². The number of benzene rings is 2. The molecule has 14 heteroatoms. The van der Waals surface area contributed by atoms with Gasteiger partial charge in [-0.05, 0) is 12.1 Å².